The lowest BCUT2D eigenvalue weighted by atomic mass is 10.1. The minimum atomic E-state index is -0.609. The fraction of sp³-hybridized carbons (Fsp3) is 0.360. The zero-order valence-electron chi connectivity index (χ0n) is 20.1. The number of hydrogen-bond acceptors (Lipinski definition) is 6. The van der Waals surface area contributed by atoms with E-state index in [1.165, 1.54) is 10.6 Å². The molecule has 1 aliphatic rings. The maximum absolute atomic E-state index is 13.4. The molecule has 0 spiro atoms. The number of amides is 1. The van der Waals surface area contributed by atoms with Gasteiger partial charge in [-0.25, -0.2) is 0 Å². The molecule has 1 fully saturated rings. The second kappa shape index (κ2) is 10.9. The molecule has 190 valence electrons. The Bertz CT molecular complexity index is 1370. The Labute approximate surface area is 218 Å². The van der Waals surface area contributed by atoms with E-state index in [0.29, 0.717) is 71.3 Å². The first-order valence-electron chi connectivity index (χ1n) is 11.6. The Morgan fingerprint density at radius 1 is 1.06 bits per heavy atom. The Hall–Kier alpha value is -3.14. The van der Waals surface area contributed by atoms with Gasteiger partial charge in [-0.3, -0.25) is 19.7 Å². The largest absolute Gasteiger partial charge is 0.362 e. The van der Waals surface area contributed by atoms with Crippen molar-refractivity contribution >= 4 is 51.4 Å². The molecule has 2 heterocycles. The summed E-state index contributed by atoms with van der Waals surface area (Å²) in [5.41, 5.74) is 0.362. The van der Waals surface area contributed by atoms with E-state index in [1.54, 1.807) is 17.0 Å². The fourth-order valence-corrected chi connectivity index (χ4v) is 4.87. The summed E-state index contributed by atoms with van der Waals surface area (Å²) in [7, 11) is 3.89. The molecule has 3 aromatic rings. The average molecular weight is 532 g/mol. The third kappa shape index (κ3) is 5.18. The normalized spacial score (nSPS) is 14.0. The summed E-state index contributed by atoms with van der Waals surface area (Å²) >= 11 is 12.0. The number of nitro groups is 1. The Morgan fingerprint density at radius 3 is 2.39 bits per heavy atom. The predicted octanol–water partition coefficient (Wildman–Crippen LogP) is 4.13. The summed E-state index contributed by atoms with van der Waals surface area (Å²) in [4.78, 5) is 43.4. The van der Waals surface area contributed by atoms with E-state index >= 15 is 0 Å². The Balaban J connectivity index is 1.66. The number of anilines is 1. The first-order chi connectivity index (χ1) is 17.2. The van der Waals surface area contributed by atoms with Gasteiger partial charge in [0, 0.05) is 43.7 Å². The highest BCUT2D eigenvalue weighted by Crippen LogP contribution is 2.34. The number of benzene rings is 2. The van der Waals surface area contributed by atoms with Crippen molar-refractivity contribution in [3.8, 4) is 0 Å². The molecule has 0 atom stereocenters. The molecule has 0 radical (unpaired) electrons. The lowest BCUT2D eigenvalue weighted by Gasteiger charge is -2.36. The zero-order chi connectivity index (χ0) is 26.0. The van der Waals surface area contributed by atoms with Crippen LogP contribution in [0, 0.1) is 10.1 Å². The predicted molar refractivity (Wildman–Crippen MR) is 143 cm³/mol. The van der Waals surface area contributed by atoms with Crippen molar-refractivity contribution in [2.75, 3.05) is 51.7 Å². The molecular weight excluding hydrogens is 505 g/mol. The number of fused-ring (bicyclic) bond motifs is 1. The van der Waals surface area contributed by atoms with Crippen LogP contribution >= 0.6 is 23.2 Å². The third-order valence-electron chi connectivity index (χ3n) is 6.34. The van der Waals surface area contributed by atoms with Gasteiger partial charge < -0.3 is 19.3 Å². The van der Waals surface area contributed by atoms with Crippen LogP contribution in [-0.2, 0) is 6.54 Å². The van der Waals surface area contributed by atoms with Crippen molar-refractivity contribution in [3.63, 3.8) is 0 Å². The molecule has 0 saturated carbocycles. The highest BCUT2D eigenvalue weighted by Gasteiger charge is 2.32. The lowest BCUT2D eigenvalue weighted by molar-refractivity contribution is -0.385. The number of halogens is 2. The molecule has 2 aromatic carbocycles. The highest BCUT2D eigenvalue weighted by atomic mass is 35.5. The molecule has 0 bridgehead atoms. The van der Waals surface area contributed by atoms with Gasteiger partial charge in [-0.15, -0.1) is 0 Å². The summed E-state index contributed by atoms with van der Waals surface area (Å²) in [6, 6.07) is 12.0. The molecule has 1 saturated heterocycles. The standard InChI is InChI=1S/C25H27Cl2N5O4/c1-28(2)10-5-11-31-21-7-4-3-6-18(21)22(23(25(31)34)32(35)36)29-12-14-30(15-13-29)24(33)17-8-9-19(26)20(27)16-17/h3-4,6-9,16H,5,10-15H2,1-2H3. The first-order valence-corrected chi connectivity index (χ1v) is 12.4. The molecule has 4 rings (SSSR count). The molecule has 0 unspecified atom stereocenters. The minimum Gasteiger partial charge on any atom is -0.362 e. The molecule has 36 heavy (non-hydrogen) atoms. The van der Waals surface area contributed by atoms with E-state index in [-0.39, 0.29) is 5.91 Å². The van der Waals surface area contributed by atoms with Gasteiger partial charge in [0.1, 0.15) is 5.69 Å². The Morgan fingerprint density at radius 2 is 1.75 bits per heavy atom. The SMILES string of the molecule is CN(C)CCCn1c(=O)c([N+](=O)[O-])c(N2CCN(C(=O)c3ccc(Cl)c(Cl)c3)CC2)c2ccccc21. The van der Waals surface area contributed by atoms with Crippen LogP contribution in [0.15, 0.2) is 47.3 Å². The second-order valence-electron chi connectivity index (χ2n) is 8.99. The van der Waals surface area contributed by atoms with Gasteiger partial charge in [-0.1, -0.05) is 41.4 Å². The number of nitrogens with zero attached hydrogens (tertiary/aromatic N) is 5. The van der Waals surface area contributed by atoms with Crippen LogP contribution in [0.25, 0.3) is 10.9 Å². The number of aromatic nitrogens is 1. The number of rotatable bonds is 7. The molecular formula is C25H27Cl2N5O4. The monoisotopic (exact) mass is 531 g/mol. The van der Waals surface area contributed by atoms with Crippen molar-refractivity contribution in [1.29, 1.82) is 0 Å². The van der Waals surface area contributed by atoms with Gasteiger partial charge in [-0.2, -0.15) is 0 Å². The quantitative estimate of drug-likeness (QED) is 0.336. The van der Waals surface area contributed by atoms with Gasteiger partial charge >= 0.3 is 11.2 Å². The van der Waals surface area contributed by atoms with Gasteiger partial charge in [0.2, 0.25) is 0 Å². The number of carbonyl (C=O) groups is 1. The summed E-state index contributed by atoms with van der Waals surface area (Å²) in [5, 5.41) is 13.5. The number of carbonyl (C=O) groups excluding carboxylic acids is 1. The second-order valence-corrected chi connectivity index (χ2v) is 9.81. The summed E-state index contributed by atoms with van der Waals surface area (Å²) < 4.78 is 1.50. The molecule has 11 heteroatoms. The van der Waals surface area contributed by atoms with Crippen molar-refractivity contribution < 1.29 is 9.72 Å². The molecule has 1 aromatic heterocycles. The smallest absolute Gasteiger partial charge is 0.357 e. The van der Waals surface area contributed by atoms with Crippen LogP contribution < -0.4 is 10.5 Å². The van der Waals surface area contributed by atoms with Crippen LogP contribution in [-0.4, -0.2) is 72.0 Å². The minimum absolute atomic E-state index is 0.191. The number of para-hydroxylation sites is 1. The maximum Gasteiger partial charge on any atom is 0.357 e. The summed E-state index contributed by atoms with van der Waals surface area (Å²) in [6.45, 7) is 2.52. The molecule has 1 amide bonds. The molecule has 0 aliphatic carbocycles. The van der Waals surface area contributed by atoms with Crippen LogP contribution in [0.3, 0.4) is 0 Å². The fourth-order valence-electron chi connectivity index (χ4n) is 4.57. The van der Waals surface area contributed by atoms with Crippen molar-refractivity contribution in [2.24, 2.45) is 0 Å². The van der Waals surface area contributed by atoms with E-state index in [2.05, 4.69) is 0 Å². The number of piperazine rings is 1. The van der Waals surface area contributed by atoms with Crippen molar-refractivity contribution in [2.45, 2.75) is 13.0 Å². The van der Waals surface area contributed by atoms with Gasteiger partial charge in [0.15, 0.2) is 0 Å². The van der Waals surface area contributed by atoms with Crippen LogP contribution in [0.2, 0.25) is 10.0 Å². The molecule has 1 aliphatic heterocycles. The van der Waals surface area contributed by atoms with Crippen molar-refractivity contribution in [3.05, 3.63) is 78.5 Å². The van der Waals surface area contributed by atoms with Crippen molar-refractivity contribution in [1.82, 2.24) is 14.4 Å². The lowest BCUT2D eigenvalue weighted by Crippen LogP contribution is -2.49. The first kappa shape index (κ1) is 25.9. The highest BCUT2D eigenvalue weighted by molar-refractivity contribution is 6.42. The topological polar surface area (TPSA) is 91.9 Å². The van der Waals surface area contributed by atoms with E-state index in [4.69, 9.17) is 23.2 Å². The van der Waals surface area contributed by atoms with Gasteiger partial charge in [0.25, 0.3) is 5.91 Å². The summed E-state index contributed by atoms with van der Waals surface area (Å²) in [5.74, 6) is -0.191. The molecule has 0 N–H and O–H groups in total. The van der Waals surface area contributed by atoms with Crippen LogP contribution in [0.4, 0.5) is 11.4 Å². The summed E-state index contributed by atoms with van der Waals surface area (Å²) in [6.07, 6.45) is 0.683. The van der Waals surface area contributed by atoms with Crippen LogP contribution in [0.1, 0.15) is 16.8 Å². The van der Waals surface area contributed by atoms with E-state index in [0.717, 1.165) is 6.54 Å². The van der Waals surface area contributed by atoms with E-state index < -0.39 is 16.2 Å². The van der Waals surface area contributed by atoms with Gasteiger partial charge in [0.05, 0.1) is 20.5 Å². The number of pyridine rings is 1. The van der Waals surface area contributed by atoms with Crippen LogP contribution in [0.5, 0.6) is 0 Å². The third-order valence-corrected chi connectivity index (χ3v) is 7.08. The van der Waals surface area contributed by atoms with E-state index in [1.807, 2.05) is 48.2 Å². The Kier molecular flexibility index (Phi) is 7.82. The number of aryl methyl sites for hydroxylation is 1. The maximum atomic E-state index is 13.4. The zero-order valence-corrected chi connectivity index (χ0v) is 21.6. The van der Waals surface area contributed by atoms with Gasteiger partial charge in [-0.05, 0) is 51.3 Å². The molecule has 9 nitrogen and oxygen atoms in total. The number of hydrogen-bond donors (Lipinski definition) is 0. The average Bonchev–Trinajstić information content (AvgIpc) is 2.86. The van der Waals surface area contributed by atoms with E-state index in [9.17, 15) is 19.7 Å².